The minimum absolute atomic E-state index is 0.158. The topological polar surface area (TPSA) is 85.2 Å². The molecule has 1 aromatic carbocycles. The maximum Gasteiger partial charge on any atom is 0.346 e. The van der Waals surface area contributed by atoms with Gasteiger partial charge in [-0.1, -0.05) is 12.1 Å². The van der Waals surface area contributed by atoms with Gasteiger partial charge in [0, 0.05) is 13.1 Å². The van der Waals surface area contributed by atoms with Gasteiger partial charge in [0.25, 0.3) is 5.16 Å². The summed E-state index contributed by atoms with van der Waals surface area (Å²) in [6.07, 6.45) is 1.14. The average Bonchev–Trinajstić information content (AvgIpc) is 3.01. The van der Waals surface area contributed by atoms with E-state index < -0.39 is 15.9 Å². The van der Waals surface area contributed by atoms with Crippen LogP contribution < -0.4 is 0 Å². The maximum absolute atomic E-state index is 12.7. The van der Waals surface area contributed by atoms with Crippen molar-refractivity contribution in [2.45, 2.75) is 37.7 Å². The van der Waals surface area contributed by atoms with Gasteiger partial charge in [0.05, 0.1) is 4.90 Å². The first-order valence-corrected chi connectivity index (χ1v) is 8.83. The quantitative estimate of drug-likeness (QED) is 0.853. The second-order valence-corrected chi connectivity index (χ2v) is 6.94. The minimum Gasteiger partial charge on any atom is -0.323 e. The van der Waals surface area contributed by atoms with Gasteiger partial charge in [0.1, 0.15) is 6.33 Å². The summed E-state index contributed by atoms with van der Waals surface area (Å²) in [5, 5.41) is 3.50. The number of benzene rings is 1. The molecular formula is C15H20N4O3S. The molecule has 0 spiro atoms. The largest absolute Gasteiger partial charge is 0.346 e. The summed E-state index contributed by atoms with van der Waals surface area (Å²) < 4.78 is 26.3. The molecule has 0 saturated heterocycles. The number of carbonyl (C=O) groups excluding carboxylic acids is 1. The van der Waals surface area contributed by atoms with Crippen molar-refractivity contribution in [1.82, 2.24) is 19.7 Å². The molecule has 0 N–H and O–H groups in total. The Hall–Kier alpha value is -2.22. The van der Waals surface area contributed by atoms with Crippen molar-refractivity contribution in [1.29, 1.82) is 0 Å². The molecule has 124 valence electrons. The third kappa shape index (κ3) is 3.12. The molecule has 0 unspecified atom stereocenters. The molecule has 0 aliphatic carbocycles. The highest BCUT2D eigenvalue weighted by Gasteiger charge is 2.26. The van der Waals surface area contributed by atoms with Crippen LogP contribution in [0.1, 0.15) is 25.0 Å². The summed E-state index contributed by atoms with van der Waals surface area (Å²) in [4.78, 5) is 17.7. The van der Waals surface area contributed by atoms with E-state index in [0.717, 1.165) is 16.6 Å². The Kier molecular flexibility index (Phi) is 4.84. The lowest BCUT2D eigenvalue weighted by Gasteiger charge is -2.17. The summed E-state index contributed by atoms with van der Waals surface area (Å²) in [6, 6.07) is 4.63. The molecular weight excluding hydrogens is 316 g/mol. The van der Waals surface area contributed by atoms with Gasteiger partial charge in [-0.05, 0) is 44.9 Å². The number of aryl methyl sites for hydroxylation is 1. The van der Waals surface area contributed by atoms with Gasteiger partial charge in [-0.2, -0.15) is 4.68 Å². The molecule has 0 fully saturated rings. The van der Waals surface area contributed by atoms with Gasteiger partial charge in [-0.25, -0.2) is 18.2 Å². The third-order valence-corrected chi connectivity index (χ3v) is 5.47. The highest BCUT2D eigenvalue weighted by atomic mass is 32.2. The lowest BCUT2D eigenvalue weighted by molar-refractivity contribution is 0.201. The molecule has 8 heteroatoms. The van der Waals surface area contributed by atoms with Gasteiger partial charge >= 0.3 is 6.03 Å². The Bertz CT molecular complexity index is 823. The van der Waals surface area contributed by atoms with Gasteiger partial charge in [0.15, 0.2) is 0 Å². The van der Waals surface area contributed by atoms with Crippen LogP contribution in [0.2, 0.25) is 0 Å². The van der Waals surface area contributed by atoms with E-state index in [1.54, 1.807) is 13.0 Å². The molecule has 0 atom stereocenters. The highest BCUT2D eigenvalue weighted by molar-refractivity contribution is 7.91. The standard InChI is InChI=1S/C15H20N4O3S/c1-5-18(6-2)15(20)19-10-16-14(17-19)23(21,22)13-9-7-8-11(3)12(13)4/h7-10H,5-6H2,1-4H3. The van der Waals surface area contributed by atoms with Crippen LogP contribution in [-0.2, 0) is 9.84 Å². The SMILES string of the molecule is CCN(CC)C(=O)n1cnc(S(=O)(=O)c2cccc(C)c2C)n1. The highest BCUT2D eigenvalue weighted by Crippen LogP contribution is 2.23. The van der Waals surface area contributed by atoms with Gasteiger partial charge < -0.3 is 4.90 Å². The molecule has 1 aromatic heterocycles. The van der Waals surface area contributed by atoms with Gasteiger partial charge in [-0.3, -0.25) is 0 Å². The zero-order valence-electron chi connectivity index (χ0n) is 13.6. The molecule has 2 aromatic rings. The molecule has 7 nitrogen and oxygen atoms in total. The monoisotopic (exact) mass is 336 g/mol. The molecule has 1 heterocycles. The lowest BCUT2D eigenvalue weighted by atomic mass is 10.1. The average molecular weight is 336 g/mol. The fourth-order valence-electron chi connectivity index (χ4n) is 2.22. The zero-order valence-corrected chi connectivity index (χ0v) is 14.5. The number of rotatable bonds is 4. The molecule has 0 bridgehead atoms. The van der Waals surface area contributed by atoms with E-state index in [1.807, 2.05) is 26.8 Å². The van der Waals surface area contributed by atoms with Crippen LogP contribution in [0, 0.1) is 13.8 Å². The Balaban J connectivity index is 2.43. The van der Waals surface area contributed by atoms with Gasteiger partial charge in [-0.15, -0.1) is 5.10 Å². The summed E-state index contributed by atoms with van der Waals surface area (Å²) >= 11 is 0. The Morgan fingerprint density at radius 2 is 1.87 bits per heavy atom. The van der Waals surface area contributed by atoms with Crippen LogP contribution in [0.4, 0.5) is 4.79 Å². The van der Waals surface area contributed by atoms with Crippen molar-refractivity contribution >= 4 is 15.9 Å². The summed E-state index contributed by atoms with van der Waals surface area (Å²) in [5.74, 6) is 0. The molecule has 1 amide bonds. The number of hydrogen-bond donors (Lipinski definition) is 0. The first-order chi connectivity index (χ1) is 10.8. The van der Waals surface area contributed by atoms with Crippen molar-refractivity contribution in [3.05, 3.63) is 35.7 Å². The molecule has 0 radical (unpaired) electrons. The predicted molar refractivity (Wildman–Crippen MR) is 85.1 cm³/mol. The Morgan fingerprint density at radius 1 is 1.22 bits per heavy atom. The van der Waals surface area contributed by atoms with E-state index in [-0.39, 0.29) is 10.1 Å². The van der Waals surface area contributed by atoms with Crippen LogP contribution >= 0.6 is 0 Å². The minimum atomic E-state index is -3.86. The van der Waals surface area contributed by atoms with Crippen molar-refractivity contribution < 1.29 is 13.2 Å². The summed E-state index contributed by atoms with van der Waals surface area (Å²) in [7, 11) is -3.86. The number of amides is 1. The number of hydrogen-bond acceptors (Lipinski definition) is 5. The fourth-order valence-corrected chi connectivity index (χ4v) is 3.62. The molecule has 23 heavy (non-hydrogen) atoms. The van der Waals surface area contributed by atoms with Crippen LogP contribution in [0.15, 0.2) is 34.6 Å². The van der Waals surface area contributed by atoms with E-state index in [0.29, 0.717) is 18.7 Å². The fraction of sp³-hybridized carbons (Fsp3) is 0.400. The number of sulfone groups is 1. The van der Waals surface area contributed by atoms with Crippen molar-refractivity contribution in [2.75, 3.05) is 13.1 Å². The zero-order chi connectivity index (χ0) is 17.2. The smallest absolute Gasteiger partial charge is 0.323 e. The summed E-state index contributed by atoms with van der Waals surface area (Å²) in [5.41, 5.74) is 1.52. The second-order valence-electron chi connectivity index (χ2n) is 5.13. The first kappa shape index (κ1) is 17.1. The number of nitrogens with zero attached hydrogens (tertiary/aromatic N) is 4. The molecule has 0 aliphatic heterocycles. The van der Waals surface area contributed by atoms with Crippen LogP contribution in [0.3, 0.4) is 0 Å². The van der Waals surface area contributed by atoms with E-state index in [1.165, 1.54) is 11.0 Å². The third-order valence-electron chi connectivity index (χ3n) is 3.79. The normalized spacial score (nSPS) is 11.5. The van der Waals surface area contributed by atoms with Crippen LogP contribution in [0.5, 0.6) is 0 Å². The van der Waals surface area contributed by atoms with Crippen molar-refractivity contribution in [3.63, 3.8) is 0 Å². The van der Waals surface area contributed by atoms with Gasteiger partial charge in [0.2, 0.25) is 9.84 Å². The predicted octanol–water partition coefficient (Wildman–Crippen LogP) is 2.04. The lowest BCUT2D eigenvalue weighted by Crippen LogP contribution is -2.34. The Labute approximate surface area is 135 Å². The molecule has 0 aliphatic rings. The van der Waals surface area contributed by atoms with E-state index in [4.69, 9.17) is 0 Å². The first-order valence-electron chi connectivity index (χ1n) is 7.35. The molecule has 0 saturated carbocycles. The maximum atomic E-state index is 12.7. The van der Waals surface area contributed by atoms with Crippen LogP contribution in [-0.4, -0.2) is 47.2 Å². The summed E-state index contributed by atoms with van der Waals surface area (Å²) in [6.45, 7) is 8.27. The second kappa shape index (κ2) is 6.49. The van der Waals surface area contributed by atoms with Crippen LogP contribution in [0.25, 0.3) is 0 Å². The number of aromatic nitrogens is 3. The van der Waals surface area contributed by atoms with E-state index in [9.17, 15) is 13.2 Å². The van der Waals surface area contributed by atoms with Crippen molar-refractivity contribution in [2.24, 2.45) is 0 Å². The Morgan fingerprint density at radius 3 is 2.48 bits per heavy atom. The number of carbonyl (C=O) groups is 1. The van der Waals surface area contributed by atoms with E-state index >= 15 is 0 Å². The van der Waals surface area contributed by atoms with Crippen molar-refractivity contribution in [3.8, 4) is 0 Å². The van der Waals surface area contributed by atoms with E-state index in [2.05, 4.69) is 10.1 Å². The molecule has 2 rings (SSSR count).